The number of hydrogen-bond donors (Lipinski definition) is 1. The molecule has 0 atom stereocenters. The van der Waals surface area contributed by atoms with E-state index in [1.165, 1.54) is 12.8 Å². The lowest BCUT2D eigenvalue weighted by atomic mass is 9.90. The van der Waals surface area contributed by atoms with Crippen molar-refractivity contribution in [3.05, 3.63) is 60.2 Å². The van der Waals surface area contributed by atoms with E-state index in [0.29, 0.717) is 25.9 Å². The molecule has 2 heterocycles. The van der Waals surface area contributed by atoms with Crippen molar-refractivity contribution < 1.29 is 9.90 Å². The molecule has 142 valence electrons. The summed E-state index contributed by atoms with van der Waals surface area (Å²) in [5, 5.41) is 11.0. The third-order valence-corrected chi connectivity index (χ3v) is 5.94. The summed E-state index contributed by atoms with van der Waals surface area (Å²) in [7, 11) is 0. The lowest BCUT2D eigenvalue weighted by Gasteiger charge is -2.40. The van der Waals surface area contributed by atoms with E-state index >= 15 is 0 Å². The van der Waals surface area contributed by atoms with Gasteiger partial charge in [0.15, 0.2) is 0 Å². The standard InChI is InChI=1S/C23H28N2O2/c26-22(21-11-5-4-10-20(21)19-8-2-1-3-9-19)25-16-12-23(27,13-17-25)18-24-14-6-7-15-24/h1-5,8-11,27H,6-7,12-18H2. The average Bonchev–Trinajstić information content (AvgIpc) is 3.21. The number of carbonyl (C=O) groups excluding carboxylic acids is 1. The van der Waals surface area contributed by atoms with E-state index in [1.807, 2.05) is 59.5 Å². The molecule has 4 rings (SSSR count). The number of aliphatic hydroxyl groups is 1. The highest BCUT2D eigenvalue weighted by Crippen LogP contribution is 2.29. The lowest BCUT2D eigenvalue weighted by molar-refractivity contribution is -0.0367. The molecule has 0 unspecified atom stereocenters. The highest BCUT2D eigenvalue weighted by Gasteiger charge is 2.36. The quantitative estimate of drug-likeness (QED) is 0.904. The molecule has 0 saturated carbocycles. The van der Waals surface area contributed by atoms with E-state index in [1.54, 1.807) is 0 Å². The fourth-order valence-corrected chi connectivity index (χ4v) is 4.35. The van der Waals surface area contributed by atoms with Crippen molar-refractivity contribution in [3.8, 4) is 11.1 Å². The van der Waals surface area contributed by atoms with Crippen molar-refractivity contribution in [2.24, 2.45) is 0 Å². The lowest BCUT2D eigenvalue weighted by Crippen LogP contribution is -2.51. The number of hydrogen-bond acceptors (Lipinski definition) is 3. The molecule has 1 amide bonds. The first-order valence-electron chi connectivity index (χ1n) is 10.0. The maximum atomic E-state index is 13.2. The molecule has 1 N–H and O–H groups in total. The number of carbonyl (C=O) groups is 1. The molecule has 27 heavy (non-hydrogen) atoms. The zero-order chi connectivity index (χ0) is 18.7. The summed E-state index contributed by atoms with van der Waals surface area (Å²) in [6.07, 6.45) is 3.78. The van der Waals surface area contributed by atoms with Gasteiger partial charge in [-0.2, -0.15) is 0 Å². The number of benzene rings is 2. The molecule has 0 radical (unpaired) electrons. The van der Waals surface area contributed by atoms with Crippen LogP contribution < -0.4 is 0 Å². The van der Waals surface area contributed by atoms with Crippen molar-refractivity contribution in [2.45, 2.75) is 31.3 Å². The normalized spacial score (nSPS) is 20.0. The predicted octanol–water partition coefficient (Wildman–Crippen LogP) is 3.42. The summed E-state index contributed by atoms with van der Waals surface area (Å²) in [5.41, 5.74) is 2.12. The molecular weight excluding hydrogens is 336 g/mol. The number of piperidine rings is 1. The predicted molar refractivity (Wildman–Crippen MR) is 108 cm³/mol. The molecule has 0 bridgehead atoms. The molecule has 2 aliphatic rings. The highest BCUT2D eigenvalue weighted by atomic mass is 16.3. The molecule has 0 spiro atoms. The van der Waals surface area contributed by atoms with Gasteiger partial charge in [0, 0.05) is 25.2 Å². The van der Waals surface area contributed by atoms with Gasteiger partial charge in [-0.05, 0) is 56.0 Å². The summed E-state index contributed by atoms with van der Waals surface area (Å²) in [6, 6.07) is 17.9. The van der Waals surface area contributed by atoms with Crippen LogP contribution in [0.2, 0.25) is 0 Å². The van der Waals surface area contributed by atoms with Crippen molar-refractivity contribution in [1.29, 1.82) is 0 Å². The smallest absolute Gasteiger partial charge is 0.254 e. The van der Waals surface area contributed by atoms with Crippen LogP contribution in [-0.4, -0.2) is 59.1 Å². The Kier molecular flexibility index (Phi) is 5.28. The van der Waals surface area contributed by atoms with Gasteiger partial charge in [-0.3, -0.25) is 4.79 Å². The minimum Gasteiger partial charge on any atom is -0.388 e. The number of likely N-dealkylation sites (tertiary alicyclic amines) is 2. The number of rotatable bonds is 4. The average molecular weight is 364 g/mol. The van der Waals surface area contributed by atoms with Gasteiger partial charge in [0.25, 0.3) is 5.91 Å². The Hall–Kier alpha value is -2.17. The van der Waals surface area contributed by atoms with Crippen LogP contribution >= 0.6 is 0 Å². The fourth-order valence-electron chi connectivity index (χ4n) is 4.35. The largest absolute Gasteiger partial charge is 0.388 e. The first-order valence-corrected chi connectivity index (χ1v) is 10.0. The zero-order valence-electron chi connectivity index (χ0n) is 15.8. The first kappa shape index (κ1) is 18.2. The van der Waals surface area contributed by atoms with Crippen molar-refractivity contribution >= 4 is 5.91 Å². The summed E-state index contributed by atoms with van der Waals surface area (Å²) in [4.78, 5) is 17.4. The van der Waals surface area contributed by atoms with E-state index in [-0.39, 0.29) is 5.91 Å². The second-order valence-electron chi connectivity index (χ2n) is 7.91. The maximum Gasteiger partial charge on any atom is 0.254 e. The van der Waals surface area contributed by atoms with E-state index in [4.69, 9.17) is 0 Å². The van der Waals surface area contributed by atoms with Gasteiger partial charge in [0.2, 0.25) is 0 Å². The SMILES string of the molecule is O=C(c1ccccc1-c1ccccc1)N1CCC(O)(CN2CCCC2)CC1. The van der Waals surface area contributed by atoms with Crippen LogP contribution in [0.5, 0.6) is 0 Å². The van der Waals surface area contributed by atoms with Crippen molar-refractivity contribution in [2.75, 3.05) is 32.7 Å². The molecular formula is C23H28N2O2. The Morgan fingerprint density at radius 1 is 0.889 bits per heavy atom. The van der Waals surface area contributed by atoms with Crippen LogP contribution in [0.1, 0.15) is 36.0 Å². The molecule has 2 aliphatic heterocycles. The van der Waals surface area contributed by atoms with Gasteiger partial charge >= 0.3 is 0 Å². The highest BCUT2D eigenvalue weighted by molar-refractivity contribution is 6.00. The van der Waals surface area contributed by atoms with Gasteiger partial charge in [-0.15, -0.1) is 0 Å². The van der Waals surface area contributed by atoms with Gasteiger partial charge in [-0.1, -0.05) is 48.5 Å². The molecule has 0 aromatic heterocycles. The maximum absolute atomic E-state index is 13.2. The van der Waals surface area contributed by atoms with Crippen LogP contribution in [0.25, 0.3) is 11.1 Å². The molecule has 4 nitrogen and oxygen atoms in total. The van der Waals surface area contributed by atoms with Gasteiger partial charge < -0.3 is 14.9 Å². The first-order chi connectivity index (χ1) is 13.1. The van der Waals surface area contributed by atoms with E-state index in [2.05, 4.69) is 4.90 Å². The topological polar surface area (TPSA) is 43.8 Å². The Morgan fingerprint density at radius 3 is 2.22 bits per heavy atom. The molecule has 2 aromatic rings. The summed E-state index contributed by atoms with van der Waals surface area (Å²) in [6.45, 7) is 4.17. The van der Waals surface area contributed by atoms with Crippen LogP contribution in [-0.2, 0) is 0 Å². The van der Waals surface area contributed by atoms with E-state index < -0.39 is 5.60 Å². The summed E-state index contributed by atoms with van der Waals surface area (Å²) >= 11 is 0. The Labute approximate surface area is 161 Å². The number of nitrogens with zero attached hydrogens (tertiary/aromatic N) is 2. The number of β-amino-alcohol motifs (C(OH)–C–C–N with tert-alkyl or cyclic N) is 1. The fraction of sp³-hybridized carbons (Fsp3) is 0.435. The number of amides is 1. The Balaban J connectivity index is 1.46. The zero-order valence-corrected chi connectivity index (χ0v) is 15.8. The molecule has 4 heteroatoms. The third-order valence-electron chi connectivity index (χ3n) is 5.94. The van der Waals surface area contributed by atoms with Crippen LogP contribution in [0, 0.1) is 0 Å². The van der Waals surface area contributed by atoms with Crippen LogP contribution in [0.15, 0.2) is 54.6 Å². The van der Waals surface area contributed by atoms with Gasteiger partial charge in [0.05, 0.1) is 5.60 Å². The molecule has 2 aromatic carbocycles. The molecule has 0 aliphatic carbocycles. The van der Waals surface area contributed by atoms with E-state index in [0.717, 1.165) is 36.3 Å². The van der Waals surface area contributed by atoms with Crippen molar-refractivity contribution in [1.82, 2.24) is 9.80 Å². The van der Waals surface area contributed by atoms with Gasteiger partial charge in [0.1, 0.15) is 0 Å². The molecule has 2 fully saturated rings. The van der Waals surface area contributed by atoms with Crippen molar-refractivity contribution in [3.63, 3.8) is 0 Å². The summed E-state index contributed by atoms with van der Waals surface area (Å²) in [5.74, 6) is 0.0673. The minimum absolute atomic E-state index is 0.0673. The van der Waals surface area contributed by atoms with E-state index in [9.17, 15) is 9.90 Å². The summed E-state index contributed by atoms with van der Waals surface area (Å²) < 4.78 is 0. The molecule has 2 saturated heterocycles. The van der Waals surface area contributed by atoms with Gasteiger partial charge in [-0.25, -0.2) is 0 Å². The monoisotopic (exact) mass is 364 g/mol. The third kappa shape index (κ3) is 4.07. The van der Waals surface area contributed by atoms with Crippen LogP contribution in [0.4, 0.5) is 0 Å². The second kappa shape index (κ2) is 7.83. The van der Waals surface area contributed by atoms with Crippen LogP contribution in [0.3, 0.4) is 0 Å². The Morgan fingerprint density at radius 2 is 1.52 bits per heavy atom. The minimum atomic E-state index is -0.653. The second-order valence-corrected chi connectivity index (χ2v) is 7.91. The Bertz CT molecular complexity index is 776.